The van der Waals surface area contributed by atoms with Gasteiger partial charge >= 0.3 is 0 Å². The molecule has 5 rings (SSSR count). The molecular weight excluding hydrogens is 468 g/mol. The number of rotatable bonds is 3. The van der Waals surface area contributed by atoms with Crippen LogP contribution in [0.4, 0.5) is 5.69 Å². The quantitative estimate of drug-likeness (QED) is 0.664. The predicted octanol–water partition coefficient (Wildman–Crippen LogP) is 1.69. The van der Waals surface area contributed by atoms with Gasteiger partial charge < -0.3 is 15.1 Å². The Kier molecular flexibility index (Phi) is 6.44. The van der Waals surface area contributed by atoms with Crippen LogP contribution in [-0.2, 0) is 9.84 Å². The number of sulfone groups is 1. The van der Waals surface area contributed by atoms with E-state index in [1.165, 1.54) is 43.9 Å². The maximum atomic E-state index is 13.2. The smallest absolute Gasteiger partial charge is 0.254 e. The lowest BCUT2D eigenvalue weighted by molar-refractivity contribution is -0.930. The lowest BCUT2D eigenvalue weighted by Crippen LogP contribution is -3.18. The van der Waals surface area contributed by atoms with Gasteiger partial charge in [0.15, 0.2) is 15.0 Å². The number of quaternary nitrogens is 1. The number of nitrogens with zero attached hydrogens (tertiary/aromatic N) is 2. The predicted molar refractivity (Wildman–Crippen MR) is 130 cm³/mol. The highest BCUT2D eigenvalue weighted by molar-refractivity contribution is 8.15. The van der Waals surface area contributed by atoms with Crippen molar-refractivity contribution < 1.29 is 18.1 Å². The summed E-state index contributed by atoms with van der Waals surface area (Å²) in [6, 6.07) is 5.89. The monoisotopic (exact) mass is 497 g/mol. The van der Waals surface area contributed by atoms with Gasteiger partial charge in [-0.3, -0.25) is 9.79 Å². The molecule has 0 radical (unpaired) electrons. The molecule has 1 aromatic rings. The molecule has 32 heavy (non-hydrogen) atoms. The Bertz CT molecular complexity index is 1020. The van der Waals surface area contributed by atoms with Crippen molar-refractivity contribution in [3.8, 4) is 0 Å². The van der Waals surface area contributed by atoms with Gasteiger partial charge in [-0.2, -0.15) is 0 Å². The van der Waals surface area contributed by atoms with Crippen molar-refractivity contribution in [2.24, 2.45) is 4.99 Å². The summed E-state index contributed by atoms with van der Waals surface area (Å²) in [5.74, 6) is 0.311. The largest absolute Gasteiger partial charge is 0.334 e. The van der Waals surface area contributed by atoms with Crippen molar-refractivity contribution >= 4 is 50.0 Å². The minimum absolute atomic E-state index is 0.0333. The van der Waals surface area contributed by atoms with Crippen LogP contribution in [0.3, 0.4) is 0 Å². The molecule has 0 spiro atoms. The van der Waals surface area contributed by atoms with Crippen LogP contribution < -0.4 is 10.2 Å². The molecule has 4 aliphatic rings. The van der Waals surface area contributed by atoms with Crippen molar-refractivity contribution in [3.05, 3.63) is 28.8 Å². The molecule has 3 aliphatic heterocycles. The number of thioether (sulfide) groups is 1. The van der Waals surface area contributed by atoms with E-state index in [-0.39, 0.29) is 28.7 Å². The SMILES string of the molecule is O=C(c1ccc(Cl)c(NC2=NC3CS(=O)(=O)CC3S2)c1)N1CC[NH+](C2CCCCC2)CC1. The molecule has 174 valence electrons. The maximum Gasteiger partial charge on any atom is 0.254 e. The Balaban J connectivity index is 1.22. The topological polar surface area (TPSA) is 83.3 Å². The van der Waals surface area contributed by atoms with E-state index >= 15 is 0 Å². The van der Waals surface area contributed by atoms with E-state index in [1.54, 1.807) is 23.1 Å². The summed E-state index contributed by atoms with van der Waals surface area (Å²) in [4.78, 5) is 21.3. The number of amidine groups is 1. The summed E-state index contributed by atoms with van der Waals surface area (Å²) in [6.45, 7) is 3.62. The molecule has 1 aliphatic carbocycles. The van der Waals surface area contributed by atoms with Gasteiger partial charge in [0.25, 0.3) is 5.91 Å². The lowest BCUT2D eigenvalue weighted by Gasteiger charge is -2.38. The zero-order valence-corrected chi connectivity index (χ0v) is 20.4. The molecule has 2 N–H and O–H groups in total. The minimum Gasteiger partial charge on any atom is -0.334 e. The van der Waals surface area contributed by atoms with E-state index in [0.717, 1.165) is 32.2 Å². The molecule has 3 heterocycles. The van der Waals surface area contributed by atoms with E-state index in [2.05, 4.69) is 10.3 Å². The van der Waals surface area contributed by atoms with Gasteiger partial charge in [-0.15, -0.1) is 0 Å². The first-order valence-corrected chi connectivity index (χ1v) is 14.6. The second kappa shape index (κ2) is 9.16. The van der Waals surface area contributed by atoms with Gasteiger partial charge in [0, 0.05) is 10.8 Å². The number of piperazine rings is 1. The molecule has 2 saturated heterocycles. The second-order valence-electron chi connectivity index (χ2n) is 9.34. The Morgan fingerprint density at radius 1 is 1.16 bits per heavy atom. The van der Waals surface area contributed by atoms with Crippen LogP contribution in [0.15, 0.2) is 23.2 Å². The third-order valence-electron chi connectivity index (χ3n) is 7.15. The van der Waals surface area contributed by atoms with Crippen LogP contribution in [0.5, 0.6) is 0 Å². The standard InChI is InChI=1S/C22H29ClN4O3S2/c23-17-7-6-15(12-18(17)24-22-25-19-13-32(29,30)14-20(19)31-22)21(28)27-10-8-26(9-11-27)16-4-2-1-3-5-16/h6-7,12,16,19-20H,1-5,8-11,13-14H2,(H,24,25)/p+1. The molecule has 2 atom stereocenters. The number of hydrogen-bond donors (Lipinski definition) is 2. The summed E-state index contributed by atoms with van der Waals surface area (Å²) >= 11 is 7.83. The normalized spacial score (nSPS) is 28.4. The van der Waals surface area contributed by atoms with Gasteiger partial charge in [-0.25, -0.2) is 8.42 Å². The summed E-state index contributed by atoms with van der Waals surface area (Å²) < 4.78 is 23.6. The average molecular weight is 498 g/mol. The zero-order valence-electron chi connectivity index (χ0n) is 18.1. The fourth-order valence-electron chi connectivity index (χ4n) is 5.38. The number of aliphatic imine (C=N–C) groups is 1. The third-order valence-corrected chi connectivity index (χ3v) is 10.6. The second-order valence-corrected chi connectivity index (χ2v) is 13.1. The zero-order chi connectivity index (χ0) is 22.3. The fourth-order valence-corrected chi connectivity index (χ4v) is 9.22. The van der Waals surface area contributed by atoms with Gasteiger partial charge in [0.05, 0.1) is 60.5 Å². The molecule has 1 amide bonds. The lowest BCUT2D eigenvalue weighted by atomic mass is 9.94. The Labute approximate surface area is 198 Å². The number of anilines is 1. The van der Waals surface area contributed by atoms with E-state index in [4.69, 9.17) is 11.6 Å². The first-order chi connectivity index (χ1) is 15.4. The molecule has 7 nitrogen and oxygen atoms in total. The van der Waals surface area contributed by atoms with E-state index in [9.17, 15) is 13.2 Å². The highest BCUT2D eigenvalue weighted by atomic mass is 35.5. The number of carbonyl (C=O) groups excluding carboxylic acids is 1. The van der Waals surface area contributed by atoms with Crippen molar-refractivity contribution in [1.29, 1.82) is 0 Å². The van der Waals surface area contributed by atoms with E-state index in [0.29, 0.717) is 21.4 Å². The summed E-state index contributed by atoms with van der Waals surface area (Å²) in [7, 11) is -2.99. The van der Waals surface area contributed by atoms with Crippen molar-refractivity contribution in [2.45, 2.75) is 49.4 Å². The molecule has 1 aromatic carbocycles. The van der Waals surface area contributed by atoms with Crippen LogP contribution in [0.25, 0.3) is 0 Å². The molecule has 1 saturated carbocycles. The Morgan fingerprint density at radius 2 is 1.91 bits per heavy atom. The molecular formula is C22H30ClN4O3S2+. The minimum atomic E-state index is -2.99. The number of fused-ring (bicyclic) bond motifs is 1. The van der Waals surface area contributed by atoms with Crippen LogP contribution in [0, 0.1) is 0 Å². The van der Waals surface area contributed by atoms with E-state index < -0.39 is 9.84 Å². The van der Waals surface area contributed by atoms with Crippen LogP contribution in [0.2, 0.25) is 5.02 Å². The number of nitrogens with one attached hydrogen (secondary N) is 2. The summed E-state index contributed by atoms with van der Waals surface area (Å²) in [6.07, 6.45) is 6.71. The number of hydrogen-bond acceptors (Lipinski definition) is 6. The Morgan fingerprint density at radius 3 is 2.62 bits per heavy atom. The highest BCUT2D eigenvalue weighted by Crippen LogP contribution is 2.35. The maximum absolute atomic E-state index is 13.2. The third kappa shape index (κ3) is 4.81. The first kappa shape index (κ1) is 22.5. The average Bonchev–Trinajstić information content (AvgIpc) is 3.28. The molecule has 3 fully saturated rings. The fraction of sp³-hybridized carbons (Fsp3) is 0.636. The van der Waals surface area contributed by atoms with Crippen LogP contribution in [0.1, 0.15) is 42.5 Å². The number of carbonyl (C=O) groups is 1. The van der Waals surface area contributed by atoms with Crippen molar-refractivity contribution in [3.63, 3.8) is 0 Å². The molecule has 0 bridgehead atoms. The number of benzene rings is 1. The highest BCUT2D eigenvalue weighted by Gasteiger charge is 2.42. The van der Waals surface area contributed by atoms with Gasteiger partial charge in [-0.05, 0) is 43.9 Å². The summed E-state index contributed by atoms with van der Waals surface area (Å²) in [5, 5.41) is 4.38. The van der Waals surface area contributed by atoms with Crippen molar-refractivity contribution in [2.75, 3.05) is 43.0 Å². The van der Waals surface area contributed by atoms with Crippen molar-refractivity contribution in [1.82, 2.24) is 4.90 Å². The van der Waals surface area contributed by atoms with Gasteiger partial charge in [0.2, 0.25) is 0 Å². The first-order valence-electron chi connectivity index (χ1n) is 11.5. The number of amides is 1. The molecule has 0 aromatic heterocycles. The summed E-state index contributed by atoms with van der Waals surface area (Å²) in [5.41, 5.74) is 1.25. The van der Waals surface area contributed by atoms with Crippen LogP contribution in [-0.4, -0.2) is 79.4 Å². The van der Waals surface area contributed by atoms with Gasteiger partial charge in [0.1, 0.15) is 0 Å². The molecule has 2 unspecified atom stereocenters. The Hall–Kier alpha value is -1.29. The number of halogens is 1. The molecule has 10 heteroatoms. The van der Waals surface area contributed by atoms with Crippen LogP contribution >= 0.6 is 23.4 Å². The van der Waals surface area contributed by atoms with Gasteiger partial charge in [-0.1, -0.05) is 29.8 Å². The van der Waals surface area contributed by atoms with E-state index in [1.807, 2.05) is 4.90 Å².